The second kappa shape index (κ2) is 4.32. The van der Waals surface area contributed by atoms with Gasteiger partial charge in [0.2, 0.25) is 0 Å². The van der Waals surface area contributed by atoms with Crippen LogP contribution in [0.2, 0.25) is 0 Å². The van der Waals surface area contributed by atoms with Gasteiger partial charge in [-0.15, -0.1) is 0 Å². The van der Waals surface area contributed by atoms with Gasteiger partial charge in [-0.1, -0.05) is 33.3 Å². The molecule has 0 atom stereocenters. The monoisotopic (exact) mass is 154 g/mol. The number of carbonyl (C=O) groups excluding carboxylic acids is 1. The molecule has 0 fully saturated rings. The fourth-order valence-electron chi connectivity index (χ4n) is 1.07. The van der Waals surface area contributed by atoms with Crippen molar-refractivity contribution in [3.05, 3.63) is 12.2 Å². The summed E-state index contributed by atoms with van der Waals surface area (Å²) in [5.41, 5.74) is 0.181. The zero-order chi connectivity index (χ0) is 8.91. The average Bonchev–Trinajstić information content (AvgIpc) is 1.84. The van der Waals surface area contributed by atoms with E-state index < -0.39 is 0 Å². The molecule has 0 aliphatic rings. The van der Waals surface area contributed by atoms with Crippen LogP contribution in [0, 0.1) is 5.41 Å². The van der Waals surface area contributed by atoms with Gasteiger partial charge in [-0.3, -0.25) is 4.79 Å². The van der Waals surface area contributed by atoms with E-state index in [2.05, 4.69) is 20.8 Å². The number of rotatable bonds is 4. The van der Waals surface area contributed by atoms with Crippen LogP contribution in [0.4, 0.5) is 0 Å². The zero-order valence-electron chi connectivity index (χ0n) is 7.98. The van der Waals surface area contributed by atoms with Crippen molar-refractivity contribution in [1.82, 2.24) is 0 Å². The maximum Gasteiger partial charge on any atom is 0.152 e. The van der Waals surface area contributed by atoms with Gasteiger partial charge >= 0.3 is 0 Å². The standard InChI is InChI=1S/C10H18O/c1-5-7-10(3,4)8-6-9(2)11/h6,8H,5,7H2,1-4H3/b8-6+. The van der Waals surface area contributed by atoms with Gasteiger partial charge in [0.1, 0.15) is 0 Å². The van der Waals surface area contributed by atoms with E-state index in [4.69, 9.17) is 0 Å². The van der Waals surface area contributed by atoms with Crippen LogP contribution in [-0.2, 0) is 4.79 Å². The molecule has 0 aromatic carbocycles. The maximum absolute atomic E-state index is 10.6. The molecule has 0 spiro atoms. The maximum atomic E-state index is 10.6. The highest BCUT2D eigenvalue weighted by atomic mass is 16.1. The van der Waals surface area contributed by atoms with Crippen LogP contribution in [0.15, 0.2) is 12.2 Å². The molecule has 0 N–H and O–H groups in total. The molecule has 0 radical (unpaired) electrons. The SMILES string of the molecule is CCCC(C)(C)/C=C/C(C)=O. The molecule has 0 aromatic rings. The summed E-state index contributed by atoms with van der Waals surface area (Å²) < 4.78 is 0. The van der Waals surface area contributed by atoms with Crippen molar-refractivity contribution in [2.45, 2.75) is 40.5 Å². The van der Waals surface area contributed by atoms with Crippen molar-refractivity contribution >= 4 is 5.78 Å². The summed E-state index contributed by atoms with van der Waals surface area (Å²) in [7, 11) is 0. The molecule has 0 rings (SSSR count). The highest BCUT2D eigenvalue weighted by molar-refractivity contribution is 5.87. The summed E-state index contributed by atoms with van der Waals surface area (Å²) in [5.74, 6) is 0.133. The van der Waals surface area contributed by atoms with Crippen molar-refractivity contribution < 1.29 is 4.79 Å². The number of carbonyl (C=O) groups is 1. The Morgan fingerprint density at radius 2 is 2.00 bits per heavy atom. The van der Waals surface area contributed by atoms with Gasteiger partial charge in [-0.25, -0.2) is 0 Å². The molecular formula is C10H18O. The van der Waals surface area contributed by atoms with E-state index in [-0.39, 0.29) is 11.2 Å². The zero-order valence-corrected chi connectivity index (χ0v) is 7.98. The summed E-state index contributed by atoms with van der Waals surface area (Å²) in [5, 5.41) is 0. The highest BCUT2D eigenvalue weighted by Crippen LogP contribution is 2.23. The predicted molar refractivity (Wildman–Crippen MR) is 48.5 cm³/mol. The van der Waals surface area contributed by atoms with Crippen molar-refractivity contribution in [1.29, 1.82) is 0 Å². The van der Waals surface area contributed by atoms with Crippen LogP contribution in [0.25, 0.3) is 0 Å². The third-order valence-electron chi connectivity index (χ3n) is 1.66. The molecule has 0 bridgehead atoms. The molecule has 0 aliphatic heterocycles. The lowest BCUT2D eigenvalue weighted by molar-refractivity contribution is -0.112. The Hall–Kier alpha value is -0.590. The number of hydrogen-bond donors (Lipinski definition) is 0. The Labute approximate surface area is 69.5 Å². The van der Waals surface area contributed by atoms with E-state index in [1.807, 2.05) is 6.08 Å². The molecule has 0 heterocycles. The van der Waals surface area contributed by atoms with Crippen LogP contribution in [0.3, 0.4) is 0 Å². The highest BCUT2D eigenvalue weighted by Gasteiger charge is 2.11. The third-order valence-corrected chi connectivity index (χ3v) is 1.66. The van der Waals surface area contributed by atoms with Crippen LogP contribution >= 0.6 is 0 Å². The van der Waals surface area contributed by atoms with Crippen molar-refractivity contribution in [3.63, 3.8) is 0 Å². The molecule has 0 saturated carbocycles. The smallest absolute Gasteiger partial charge is 0.152 e. The number of allylic oxidation sites excluding steroid dienone is 2. The molecule has 0 saturated heterocycles. The molecule has 0 unspecified atom stereocenters. The van der Waals surface area contributed by atoms with Gasteiger partial charge in [0.25, 0.3) is 0 Å². The van der Waals surface area contributed by atoms with Crippen LogP contribution in [0.5, 0.6) is 0 Å². The largest absolute Gasteiger partial charge is 0.295 e. The number of hydrogen-bond acceptors (Lipinski definition) is 1. The molecule has 0 aromatic heterocycles. The summed E-state index contributed by atoms with van der Waals surface area (Å²) in [6, 6.07) is 0. The van der Waals surface area contributed by atoms with E-state index in [0.717, 1.165) is 12.8 Å². The Balaban J connectivity index is 3.99. The Kier molecular flexibility index (Phi) is 4.09. The minimum Gasteiger partial charge on any atom is -0.295 e. The van der Waals surface area contributed by atoms with Gasteiger partial charge in [-0.2, -0.15) is 0 Å². The van der Waals surface area contributed by atoms with Gasteiger partial charge in [0.05, 0.1) is 0 Å². The summed E-state index contributed by atoms with van der Waals surface area (Å²) >= 11 is 0. The summed E-state index contributed by atoms with van der Waals surface area (Å²) in [6.07, 6.45) is 5.96. The molecule has 0 aliphatic carbocycles. The lowest BCUT2D eigenvalue weighted by Crippen LogP contribution is -2.06. The number of ketones is 1. The first-order valence-electron chi connectivity index (χ1n) is 4.18. The van der Waals surface area contributed by atoms with Gasteiger partial charge in [-0.05, 0) is 24.8 Å². The average molecular weight is 154 g/mol. The van der Waals surface area contributed by atoms with Crippen molar-refractivity contribution in [2.24, 2.45) is 5.41 Å². The van der Waals surface area contributed by atoms with E-state index >= 15 is 0 Å². The first-order valence-corrected chi connectivity index (χ1v) is 4.18. The lowest BCUT2D eigenvalue weighted by atomic mass is 9.87. The van der Waals surface area contributed by atoms with E-state index in [1.165, 1.54) is 0 Å². The predicted octanol–water partition coefficient (Wildman–Crippen LogP) is 2.96. The molecule has 0 amide bonds. The fraction of sp³-hybridized carbons (Fsp3) is 0.700. The van der Waals surface area contributed by atoms with Gasteiger partial charge in [0, 0.05) is 0 Å². The van der Waals surface area contributed by atoms with Crippen LogP contribution in [-0.4, -0.2) is 5.78 Å². The molecular weight excluding hydrogens is 136 g/mol. The lowest BCUT2D eigenvalue weighted by Gasteiger charge is -2.18. The van der Waals surface area contributed by atoms with E-state index in [9.17, 15) is 4.79 Å². The molecule has 11 heavy (non-hydrogen) atoms. The van der Waals surface area contributed by atoms with Gasteiger partial charge < -0.3 is 0 Å². The molecule has 1 nitrogen and oxygen atoms in total. The Bertz CT molecular complexity index is 154. The van der Waals surface area contributed by atoms with E-state index in [0.29, 0.717) is 0 Å². The topological polar surface area (TPSA) is 17.1 Å². The molecule has 64 valence electrons. The minimum atomic E-state index is 0.133. The minimum absolute atomic E-state index is 0.133. The van der Waals surface area contributed by atoms with E-state index in [1.54, 1.807) is 13.0 Å². The third kappa shape index (κ3) is 5.84. The van der Waals surface area contributed by atoms with Gasteiger partial charge in [0.15, 0.2) is 5.78 Å². The molecule has 1 heteroatoms. The summed E-state index contributed by atoms with van der Waals surface area (Å²) in [4.78, 5) is 10.6. The Morgan fingerprint density at radius 3 is 2.36 bits per heavy atom. The quantitative estimate of drug-likeness (QED) is 0.569. The normalized spacial score (nSPS) is 12.4. The Morgan fingerprint density at radius 1 is 1.45 bits per heavy atom. The summed E-state index contributed by atoms with van der Waals surface area (Å²) in [6.45, 7) is 8.04. The second-order valence-corrected chi connectivity index (χ2v) is 3.68. The first-order chi connectivity index (χ1) is 4.98. The van der Waals surface area contributed by atoms with Crippen LogP contribution < -0.4 is 0 Å². The van der Waals surface area contributed by atoms with Crippen molar-refractivity contribution in [3.8, 4) is 0 Å². The van der Waals surface area contributed by atoms with Crippen LogP contribution in [0.1, 0.15) is 40.5 Å². The fourth-order valence-corrected chi connectivity index (χ4v) is 1.07. The first kappa shape index (κ1) is 10.4. The second-order valence-electron chi connectivity index (χ2n) is 3.68. The van der Waals surface area contributed by atoms with Crippen molar-refractivity contribution in [2.75, 3.05) is 0 Å².